The summed E-state index contributed by atoms with van der Waals surface area (Å²) < 4.78 is 0.433. The second-order valence-corrected chi connectivity index (χ2v) is 3.11. The van der Waals surface area contributed by atoms with Crippen LogP contribution in [0.1, 0.15) is 5.56 Å². The first-order valence-corrected chi connectivity index (χ1v) is 4.32. The average molecular weight is 251 g/mol. The molecular formula is C6H4BrClN2O2. The molecule has 0 spiro atoms. The standard InChI is InChI=1S/C6H4BrClN2O2/c7-6-1-5(10(11)12)4(2-8)3-9-6/h1,3H,2H2. The summed E-state index contributed by atoms with van der Waals surface area (Å²) >= 11 is 8.50. The van der Waals surface area contributed by atoms with Gasteiger partial charge in [-0.3, -0.25) is 10.1 Å². The number of aromatic nitrogens is 1. The molecule has 0 amide bonds. The minimum absolute atomic E-state index is 0.00752. The Hall–Kier alpha value is -0.680. The Morgan fingerprint density at radius 1 is 1.75 bits per heavy atom. The topological polar surface area (TPSA) is 56.0 Å². The molecule has 64 valence electrons. The molecule has 0 N–H and O–H groups in total. The molecule has 0 saturated heterocycles. The Labute approximate surface area is 81.8 Å². The first-order valence-electron chi connectivity index (χ1n) is 3.00. The van der Waals surface area contributed by atoms with Gasteiger partial charge >= 0.3 is 0 Å². The van der Waals surface area contributed by atoms with Crippen LogP contribution in [0.2, 0.25) is 0 Å². The van der Waals surface area contributed by atoms with E-state index in [2.05, 4.69) is 20.9 Å². The van der Waals surface area contributed by atoms with E-state index in [0.29, 0.717) is 10.2 Å². The summed E-state index contributed by atoms with van der Waals surface area (Å²) in [6.07, 6.45) is 1.38. The van der Waals surface area contributed by atoms with Gasteiger partial charge in [0, 0.05) is 12.3 Å². The van der Waals surface area contributed by atoms with E-state index in [-0.39, 0.29) is 11.6 Å². The minimum Gasteiger partial charge on any atom is -0.258 e. The molecule has 0 atom stereocenters. The summed E-state index contributed by atoms with van der Waals surface area (Å²) in [7, 11) is 0. The van der Waals surface area contributed by atoms with Gasteiger partial charge in [0.05, 0.1) is 16.4 Å². The van der Waals surface area contributed by atoms with Crippen LogP contribution >= 0.6 is 27.5 Å². The predicted octanol–water partition coefficient (Wildman–Crippen LogP) is 2.49. The van der Waals surface area contributed by atoms with Crippen molar-refractivity contribution in [2.45, 2.75) is 5.88 Å². The molecule has 12 heavy (non-hydrogen) atoms. The van der Waals surface area contributed by atoms with Crippen molar-refractivity contribution in [3.8, 4) is 0 Å². The van der Waals surface area contributed by atoms with Crippen molar-refractivity contribution in [3.05, 3.63) is 32.5 Å². The van der Waals surface area contributed by atoms with E-state index >= 15 is 0 Å². The third-order valence-electron chi connectivity index (χ3n) is 1.27. The summed E-state index contributed by atoms with van der Waals surface area (Å²) in [5, 5.41) is 10.4. The maximum absolute atomic E-state index is 10.4. The monoisotopic (exact) mass is 250 g/mol. The zero-order chi connectivity index (χ0) is 9.14. The highest BCUT2D eigenvalue weighted by Gasteiger charge is 2.13. The first kappa shape index (κ1) is 9.41. The van der Waals surface area contributed by atoms with Gasteiger partial charge in [-0.1, -0.05) is 0 Å². The fourth-order valence-electron chi connectivity index (χ4n) is 0.721. The third kappa shape index (κ3) is 1.92. The smallest absolute Gasteiger partial charge is 0.258 e. The van der Waals surface area contributed by atoms with E-state index in [1.807, 2.05) is 0 Å². The molecule has 1 rings (SSSR count). The van der Waals surface area contributed by atoms with Gasteiger partial charge in [-0.05, 0) is 15.9 Å². The summed E-state index contributed by atoms with van der Waals surface area (Å²) in [5.74, 6) is 0.0938. The van der Waals surface area contributed by atoms with Crippen LogP contribution in [0.25, 0.3) is 0 Å². The number of halogens is 2. The lowest BCUT2D eigenvalue weighted by molar-refractivity contribution is -0.385. The van der Waals surface area contributed by atoms with Crippen LogP contribution in [0.4, 0.5) is 5.69 Å². The van der Waals surface area contributed by atoms with E-state index in [4.69, 9.17) is 11.6 Å². The van der Waals surface area contributed by atoms with E-state index in [1.165, 1.54) is 12.3 Å². The van der Waals surface area contributed by atoms with Crippen LogP contribution in [-0.4, -0.2) is 9.91 Å². The molecule has 6 heteroatoms. The summed E-state index contributed by atoms with van der Waals surface area (Å²) in [4.78, 5) is 13.8. The minimum atomic E-state index is -0.482. The zero-order valence-electron chi connectivity index (χ0n) is 5.83. The highest BCUT2D eigenvalue weighted by atomic mass is 79.9. The maximum atomic E-state index is 10.4. The van der Waals surface area contributed by atoms with Crippen molar-refractivity contribution >= 4 is 33.2 Å². The molecule has 1 heterocycles. The number of nitrogens with zero attached hydrogens (tertiary/aromatic N) is 2. The lowest BCUT2D eigenvalue weighted by Crippen LogP contribution is -1.94. The second-order valence-electron chi connectivity index (χ2n) is 2.03. The Morgan fingerprint density at radius 3 is 2.92 bits per heavy atom. The first-order chi connectivity index (χ1) is 5.65. The molecule has 0 aromatic carbocycles. The van der Waals surface area contributed by atoms with E-state index in [9.17, 15) is 10.1 Å². The van der Waals surface area contributed by atoms with E-state index in [0.717, 1.165) is 0 Å². The third-order valence-corrected chi connectivity index (χ3v) is 1.99. The lowest BCUT2D eigenvalue weighted by atomic mass is 10.3. The SMILES string of the molecule is O=[N+]([O-])c1cc(Br)ncc1CCl. The molecule has 0 radical (unpaired) electrons. The highest BCUT2D eigenvalue weighted by Crippen LogP contribution is 2.22. The zero-order valence-corrected chi connectivity index (χ0v) is 8.17. The summed E-state index contributed by atoms with van der Waals surface area (Å²) in [6.45, 7) is 0. The highest BCUT2D eigenvalue weighted by molar-refractivity contribution is 9.10. The quantitative estimate of drug-likeness (QED) is 0.351. The van der Waals surface area contributed by atoms with Gasteiger partial charge in [0.2, 0.25) is 0 Å². The molecule has 0 fully saturated rings. The van der Waals surface area contributed by atoms with Crippen molar-refractivity contribution in [2.24, 2.45) is 0 Å². The van der Waals surface area contributed by atoms with E-state index in [1.54, 1.807) is 0 Å². The average Bonchev–Trinajstić information content (AvgIpc) is 2.04. The fourth-order valence-corrected chi connectivity index (χ4v) is 1.25. The van der Waals surface area contributed by atoms with Crippen molar-refractivity contribution < 1.29 is 4.92 Å². The molecule has 0 unspecified atom stereocenters. The maximum Gasteiger partial charge on any atom is 0.278 e. The van der Waals surface area contributed by atoms with Crippen LogP contribution in [-0.2, 0) is 5.88 Å². The Morgan fingerprint density at radius 2 is 2.42 bits per heavy atom. The second kappa shape index (κ2) is 3.82. The molecule has 0 aliphatic rings. The Bertz CT molecular complexity index is 318. The normalized spacial score (nSPS) is 9.83. The Balaban J connectivity index is 3.21. The number of alkyl halides is 1. The van der Waals surface area contributed by atoms with Gasteiger partial charge in [-0.2, -0.15) is 0 Å². The van der Waals surface area contributed by atoms with Gasteiger partial charge in [0.1, 0.15) is 4.60 Å². The van der Waals surface area contributed by atoms with Gasteiger partial charge in [0.25, 0.3) is 5.69 Å². The van der Waals surface area contributed by atoms with Crippen molar-refractivity contribution in [3.63, 3.8) is 0 Å². The molecule has 0 saturated carbocycles. The Kier molecular flexibility index (Phi) is 2.99. The van der Waals surface area contributed by atoms with Gasteiger partial charge in [-0.25, -0.2) is 4.98 Å². The molecule has 1 aromatic heterocycles. The van der Waals surface area contributed by atoms with Crippen molar-refractivity contribution in [1.29, 1.82) is 0 Å². The number of rotatable bonds is 2. The molecule has 0 aliphatic carbocycles. The molecule has 1 aromatic rings. The fraction of sp³-hybridized carbons (Fsp3) is 0.167. The van der Waals surface area contributed by atoms with Crippen LogP contribution < -0.4 is 0 Å². The van der Waals surface area contributed by atoms with Crippen LogP contribution in [0.15, 0.2) is 16.9 Å². The number of hydrogen-bond acceptors (Lipinski definition) is 3. The molecule has 0 bridgehead atoms. The van der Waals surface area contributed by atoms with Gasteiger partial charge < -0.3 is 0 Å². The van der Waals surface area contributed by atoms with Crippen LogP contribution in [0.5, 0.6) is 0 Å². The van der Waals surface area contributed by atoms with E-state index < -0.39 is 4.92 Å². The van der Waals surface area contributed by atoms with Gasteiger partial charge in [0.15, 0.2) is 0 Å². The summed E-state index contributed by atoms with van der Waals surface area (Å²) in [6, 6.07) is 1.33. The number of nitro groups is 1. The number of pyridine rings is 1. The lowest BCUT2D eigenvalue weighted by Gasteiger charge is -1.97. The molecular weight excluding hydrogens is 247 g/mol. The van der Waals surface area contributed by atoms with Gasteiger partial charge in [-0.15, -0.1) is 11.6 Å². The van der Waals surface area contributed by atoms with Crippen molar-refractivity contribution in [1.82, 2.24) is 4.98 Å². The molecule has 0 aliphatic heterocycles. The summed E-state index contributed by atoms with van der Waals surface area (Å²) in [5.41, 5.74) is 0.414. The predicted molar refractivity (Wildman–Crippen MR) is 48.1 cm³/mol. The molecule has 4 nitrogen and oxygen atoms in total. The van der Waals surface area contributed by atoms with Crippen LogP contribution in [0.3, 0.4) is 0 Å². The largest absolute Gasteiger partial charge is 0.278 e. The van der Waals surface area contributed by atoms with Crippen molar-refractivity contribution in [2.75, 3.05) is 0 Å². The number of hydrogen-bond donors (Lipinski definition) is 0. The van der Waals surface area contributed by atoms with Crippen LogP contribution in [0, 0.1) is 10.1 Å².